The van der Waals surface area contributed by atoms with Gasteiger partial charge in [-0.3, -0.25) is 4.79 Å². The number of benzene rings is 2. The van der Waals surface area contributed by atoms with Crippen LogP contribution in [0.5, 0.6) is 17.2 Å². The summed E-state index contributed by atoms with van der Waals surface area (Å²) in [6.07, 6.45) is -16.5. The van der Waals surface area contributed by atoms with Crippen LogP contribution in [0.4, 0.5) is 0 Å². The number of aromatic hydroxyl groups is 2. The van der Waals surface area contributed by atoms with E-state index in [1.165, 1.54) is 24.3 Å². The van der Waals surface area contributed by atoms with Crippen molar-refractivity contribution in [3.63, 3.8) is 0 Å². The monoisotopic (exact) mass is 594 g/mol. The summed E-state index contributed by atoms with van der Waals surface area (Å²) < 4.78 is 22.8. The van der Waals surface area contributed by atoms with E-state index in [1.807, 2.05) is 0 Å². The first-order chi connectivity index (χ1) is 19.9. The quantitative estimate of drug-likeness (QED) is 0.133. The fourth-order valence-electron chi connectivity index (χ4n) is 4.99. The zero-order valence-electron chi connectivity index (χ0n) is 21.7. The van der Waals surface area contributed by atoms with Crippen molar-refractivity contribution < 1.29 is 69.7 Å². The molecule has 0 amide bonds. The molecule has 0 radical (unpaired) electrons. The second-order valence-corrected chi connectivity index (χ2v) is 10.1. The fraction of sp³-hybridized carbons (Fsp3) is 0.444. The normalized spacial score (nSPS) is 33.5. The van der Waals surface area contributed by atoms with Crippen LogP contribution in [0.3, 0.4) is 0 Å². The summed E-state index contributed by atoms with van der Waals surface area (Å²) in [6.45, 7) is -1.50. The van der Waals surface area contributed by atoms with Crippen LogP contribution < -0.4 is 10.2 Å². The van der Waals surface area contributed by atoms with Crippen LogP contribution in [0.1, 0.15) is 11.7 Å². The second-order valence-electron chi connectivity index (χ2n) is 10.1. The van der Waals surface area contributed by atoms with Gasteiger partial charge in [-0.15, -0.1) is 0 Å². The largest absolute Gasteiger partial charge is 0.504 e. The maximum absolute atomic E-state index is 13.2. The number of hydrogen-bond acceptors (Lipinski definition) is 15. The van der Waals surface area contributed by atoms with Gasteiger partial charge in [0.2, 0.25) is 6.29 Å². The van der Waals surface area contributed by atoms with Gasteiger partial charge in [-0.05, 0) is 24.3 Å². The third kappa shape index (κ3) is 5.31. The molecule has 0 bridgehead atoms. The van der Waals surface area contributed by atoms with E-state index in [4.69, 9.17) is 18.6 Å². The molecule has 2 aliphatic rings. The van der Waals surface area contributed by atoms with Crippen molar-refractivity contribution in [1.29, 1.82) is 0 Å². The molecule has 0 saturated carbocycles. The van der Waals surface area contributed by atoms with E-state index in [-0.39, 0.29) is 33.6 Å². The molecule has 1 aromatic heterocycles. The maximum atomic E-state index is 13.2. The Labute approximate surface area is 236 Å². The minimum absolute atomic E-state index is 0.0258. The van der Waals surface area contributed by atoms with Gasteiger partial charge in [0, 0.05) is 23.3 Å². The molecule has 3 heterocycles. The smallest absolute Gasteiger partial charge is 0.229 e. The lowest BCUT2D eigenvalue weighted by molar-refractivity contribution is -0.278. The highest BCUT2D eigenvalue weighted by atomic mass is 16.7. The van der Waals surface area contributed by atoms with E-state index < -0.39 is 91.4 Å². The van der Waals surface area contributed by atoms with Gasteiger partial charge < -0.3 is 69.7 Å². The van der Waals surface area contributed by atoms with Crippen LogP contribution in [0.2, 0.25) is 0 Å². The molecule has 0 unspecified atom stereocenters. The summed E-state index contributed by atoms with van der Waals surface area (Å²) in [6, 6.07) is 7.19. The van der Waals surface area contributed by atoms with E-state index >= 15 is 0 Å². The van der Waals surface area contributed by atoms with Crippen molar-refractivity contribution in [2.24, 2.45) is 0 Å². The molecule has 3 aromatic rings. The van der Waals surface area contributed by atoms with Gasteiger partial charge in [0.05, 0.1) is 18.6 Å². The van der Waals surface area contributed by atoms with E-state index in [0.29, 0.717) is 0 Å². The van der Waals surface area contributed by atoms with Gasteiger partial charge in [-0.1, -0.05) is 0 Å². The number of rotatable bonds is 6. The highest BCUT2D eigenvalue weighted by molar-refractivity contribution is 5.82. The van der Waals surface area contributed by atoms with Gasteiger partial charge in [-0.25, -0.2) is 0 Å². The van der Waals surface area contributed by atoms with Crippen LogP contribution in [0.15, 0.2) is 45.6 Å². The summed E-state index contributed by atoms with van der Waals surface area (Å²) in [5.41, 5.74) is -0.612. The molecule has 15 nitrogen and oxygen atoms in total. The Bertz CT molecular complexity index is 1490. The zero-order valence-corrected chi connectivity index (χ0v) is 21.7. The SMILES string of the molecule is O=c1cc(-c2ccc(O)c(O)c2)oc2cc(O[C@@H]3O[C@H](CO)[C@@H](O)[C@H](O)[C@H]3O)c([C@@H]3O[C@H](CO)[C@@H](O)[C@H](O)[C@H]3O)cc12. The van der Waals surface area contributed by atoms with Crippen LogP contribution in [0.25, 0.3) is 22.3 Å². The predicted octanol–water partition coefficient (Wildman–Crippen LogP) is -2.44. The van der Waals surface area contributed by atoms with Gasteiger partial charge in [0.15, 0.2) is 16.9 Å². The van der Waals surface area contributed by atoms with Crippen LogP contribution in [0, 0.1) is 0 Å². The summed E-state index contributed by atoms with van der Waals surface area (Å²) in [5.74, 6) is -1.17. The molecule has 2 aromatic carbocycles. The molecule has 0 aliphatic carbocycles. The number of phenolic OH excluding ortho intramolecular Hbond substituents is 2. The average Bonchev–Trinajstić information content (AvgIpc) is 2.97. The number of fused-ring (bicyclic) bond motifs is 1. The Hall–Kier alpha value is -3.35. The molecular formula is C27H30O15. The van der Waals surface area contributed by atoms with Crippen molar-refractivity contribution in [3.8, 4) is 28.6 Å². The minimum atomic E-state index is -1.85. The topological polar surface area (TPSA) is 260 Å². The fourth-order valence-corrected chi connectivity index (χ4v) is 4.99. The summed E-state index contributed by atoms with van der Waals surface area (Å²) >= 11 is 0. The molecule has 2 saturated heterocycles. The zero-order chi connectivity index (χ0) is 30.5. The Kier molecular flexibility index (Phi) is 8.41. The van der Waals surface area contributed by atoms with E-state index in [1.54, 1.807) is 0 Å². The lowest BCUT2D eigenvalue weighted by Gasteiger charge is -2.42. The first kappa shape index (κ1) is 30.1. The van der Waals surface area contributed by atoms with E-state index in [9.17, 15) is 55.9 Å². The van der Waals surface area contributed by atoms with Crippen LogP contribution in [-0.4, -0.2) is 119 Å². The molecule has 2 fully saturated rings. The van der Waals surface area contributed by atoms with Crippen molar-refractivity contribution in [1.82, 2.24) is 0 Å². The highest BCUT2D eigenvalue weighted by Crippen LogP contribution is 2.41. The lowest BCUT2D eigenvalue weighted by Crippen LogP contribution is -2.60. The molecule has 5 rings (SSSR count). The molecule has 10 atom stereocenters. The van der Waals surface area contributed by atoms with Crippen LogP contribution >= 0.6 is 0 Å². The van der Waals surface area contributed by atoms with Crippen molar-refractivity contribution in [2.45, 2.75) is 61.2 Å². The summed E-state index contributed by atoms with van der Waals surface area (Å²) in [5, 5.41) is 101. The van der Waals surface area contributed by atoms with Gasteiger partial charge in [0.1, 0.15) is 72.0 Å². The lowest BCUT2D eigenvalue weighted by atomic mass is 9.90. The molecule has 15 heteroatoms. The van der Waals surface area contributed by atoms with Gasteiger partial charge in [-0.2, -0.15) is 0 Å². The molecular weight excluding hydrogens is 564 g/mol. The first-order valence-corrected chi connectivity index (χ1v) is 12.9. The Balaban J connectivity index is 1.65. The Morgan fingerprint density at radius 1 is 0.714 bits per heavy atom. The maximum Gasteiger partial charge on any atom is 0.229 e. The number of aliphatic hydroxyl groups is 8. The molecule has 42 heavy (non-hydrogen) atoms. The average molecular weight is 595 g/mol. The number of phenols is 2. The first-order valence-electron chi connectivity index (χ1n) is 12.9. The molecule has 2 aliphatic heterocycles. The van der Waals surface area contributed by atoms with E-state index in [0.717, 1.165) is 12.1 Å². The van der Waals surface area contributed by atoms with Crippen molar-refractivity contribution >= 4 is 11.0 Å². The molecule has 10 N–H and O–H groups in total. The Morgan fingerprint density at radius 2 is 1.36 bits per heavy atom. The molecule has 228 valence electrons. The second kappa shape index (κ2) is 11.7. The van der Waals surface area contributed by atoms with Gasteiger partial charge >= 0.3 is 0 Å². The summed E-state index contributed by atoms with van der Waals surface area (Å²) in [4.78, 5) is 13.2. The van der Waals surface area contributed by atoms with Crippen LogP contribution in [-0.2, 0) is 9.47 Å². The number of aliphatic hydroxyl groups excluding tert-OH is 8. The van der Waals surface area contributed by atoms with E-state index in [2.05, 4.69) is 0 Å². The predicted molar refractivity (Wildman–Crippen MR) is 138 cm³/mol. The highest BCUT2D eigenvalue weighted by Gasteiger charge is 2.47. The van der Waals surface area contributed by atoms with Crippen molar-refractivity contribution in [3.05, 3.63) is 52.2 Å². The third-order valence-corrected chi connectivity index (χ3v) is 7.41. The molecule has 0 spiro atoms. The van der Waals surface area contributed by atoms with Crippen molar-refractivity contribution in [2.75, 3.05) is 13.2 Å². The third-order valence-electron chi connectivity index (χ3n) is 7.41. The number of ether oxygens (including phenoxy) is 3. The Morgan fingerprint density at radius 3 is 2.00 bits per heavy atom. The minimum Gasteiger partial charge on any atom is -0.504 e. The summed E-state index contributed by atoms with van der Waals surface area (Å²) in [7, 11) is 0. The van der Waals surface area contributed by atoms with Gasteiger partial charge in [0.25, 0.3) is 0 Å². The standard InChI is InChI=1S/C27H30O15/c28-7-18-20(33)22(35)24(37)26(40-18)11-4-10-13(31)5-15(9-1-2-12(30)14(32)3-9)39-16(10)6-17(11)41-27-25(38)23(36)21(34)19(8-29)42-27/h1-6,18-30,32-38H,7-8H2/t18-,19-,20-,21-,22+,23+,24-,25-,26+,27-/m1/s1. The number of hydrogen-bond donors (Lipinski definition) is 10.